The average molecular weight is 511 g/mol. The monoisotopic (exact) mass is 510 g/mol. The molecular formula is C28H38N4O5. The third-order valence-electron chi connectivity index (χ3n) is 6.55. The van der Waals surface area contributed by atoms with E-state index in [-0.39, 0.29) is 0 Å². The van der Waals surface area contributed by atoms with Crippen molar-refractivity contribution in [3.63, 3.8) is 0 Å². The van der Waals surface area contributed by atoms with E-state index in [1.54, 1.807) is 19.2 Å². The number of hydrogen-bond acceptors (Lipinski definition) is 7. The zero-order chi connectivity index (χ0) is 26.5. The largest absolute Gasteiger partial charge is 0.465 e. The summed E-state index contributed by atoms with van der Waals surface area (Å²) in [5, 5.41) is 0. The maximum Gasteiger partial charge on any atom is 0.337 e. The van der Waals surface area contributed by atoms with Gasteiger partial charge in [0, 0.05) is 56.7 Å². The van der Waals surface area contributed by atoms with Crippen LogP contribution in [0.15, 0.2) is 48.5 Å². The van der Waals surface area contributed by atoms with Crippen molar-refractivity contribution < 1.29 is 23.9 Å². The molecule has 0 aromatic heterocycles. The number of carbonyl (C=O) groups is 3. The summed E-state index contributed by atoms with van der Waals surface area (Å²) in [6.07, 6.45) is 6.19. The second kappa shape index (κ2) is 15.0. The summed E-state index contributed by atoms with van der Waals surface area (Å²) in [7, 11) is 3.05. The van der Waals surface area contributed by atoms with Gasteiger partial charge in [-0.25, -0.2) is 4.79 Å². The molecule has 2 aromatic carbocycles. The minimum absolute atomic E-state index is 0.310. The standard InChI is InChI=1S/C28H38N4O5/c1-36-21-7-5-3-4-6-16-31-17-19-32(20-18-31)25-14-12-23(13-15-25)27(34)30-29-26(33)22-8-10-24(11-9-22)28(35)37-2/h8-15H,3-7,16-21H2,1-2H3,(H,29,33)(H,30,34). The highest BCUT2D eigenvalue weighted by Gasteiger charge is 2.17. The van der Waals surface area contributed by atoms with Crippen molar-refractivity contribution in [1.29, 1.82) is 0 Å². The lowest BCUT2D eigenvalue weighted by Gasteiger charge is -2.36. The first kappa shape index (κ1) is 28.1. The van der Waals surface area contributed by atoms with Crippen LogP contribution in [0.5, 0.6) is 0 Å². The maximum atomic E-state index is 12.5. The van der Waals surface area contributed by atoms with E-state index in [9.17, 15) is 14.4 Å². The number of amides is 2. The predicted octanol–water partition coefficient (Wildman–Crippen LogP) is 3.27. The Balaban J connectivity index is 1.37. The van der Waals surface area contributed by atoms with Crippen LogP contribution in [0, 0.1) is 0 Å². The first-order valence-corrected chi connectivity index (χ1v) is 12.9. The summed E-state index contributed by atoms with van der Waals surface area (Å²) in [6.45, 7) is 6.02. The number of nitrogens with one attached hydrogen (secondary N) is 2. The van der Waals surface area contributed by atoms with E-state index in [0.29, 0.717) is 16.7 Å². The number of benzene rings is 2. The molecule has 2 amide bonds. The van der Waals surface area contributed by atoms with Gasteiger partial charge in [0.1, 0.15) is 0 Å². The molecule has 37 heavy (non-hydrogen) atoms. The second-order valence-electron chi connectivity index (χ2n) is 9.11. The third-order valence-corrected chi connectivity index (χ3v) is 6.55. The number of anilines is 1. The van der Waals surface area contributed by atoms with Gasteiger partial charge in [0.25, 0.3) is 11.8 Å². The molecule has 9 nitrogen and oxygen atoms in total. The van der Waals surface area contributed by atoms with Crippen LogP contribution in [0.3, 0.4) is 0 Å². The number of hydrogen-bond donors (Lipinski definition) is 2. The molecule has 0 aliphatic carbocycles. The first-order valence-electron chi connectivity index (χ1n) is 12.9. The Bertz CT molecular complexity index is 1000. The molecule has 1 aliphatic rings. The van der Waals surface area contributed by atoms with Crippen molar-refractivity contribution in [2.45, 2.75) is 32.1 Å². The molecule has 1 aliphatic heterocycles. The van der Waals surface area contributed by atoms with Gasteiger partial charge in [-0.2, -0.15) is 0 Å². The van der Waals surface area contributed by atoms with Crippen molar-refractivity contribution in [1.82, 2.24) is 15.8 Å². The van der Waals surface area contributed by atoms with Crippen LogP contribution < -0.4 is 15.8 Å². The van der Waals surface area contributed by atoms with Gasteiger partial charge >= 0.3 is 5.97 Å². The van der Waals surface area contributed by atoms with Crippen molar-refractivity contribution in [3.05, 3.63) is 65.2 Å². The van der Waals surface area contributed by atoms with Gasteiger partial charge in [0.05, 0.1) is 12.7 Å². The Kier molecular flexibility index (Phi) is 11.4. The van der Waals surface area contributed by atoms with E-state index in [0.717, 1.165) is 51.4 Å². The normalized spacial score (nSPS) is 13.7. The summed E-state index contributed by atoms with van der Waals surface area (Å²) in [6, 6.07) is 13.4. The summed E-state index contributed by atoms with van der Waals surface area (Å²) < 4.78 is 9.74. The molecule has 2 N–H and O–H groups in total. The van der Waals surface area contributed by atoms with Gasteiger partial charge in [0.2, 0.25) is 0 Å². The highest BCUT2D eigenvalue weighted by molar-refractivity contribution is 5.99. The highest BCUT2D eigenvalue weighted by Crippen LogP contribution is 2.18. The number of rotatable bonds is 12. The van der Waals surface area contributed by atoms with Gasteiger partial charge < -0.3 is 14.4 Å². The topological polar surface area (TPSA) is 100 Å². The number of methoxy groups -OCH3 is 2. The van der Waals surface area contributed by atoms with E-state index in [1.807, 2.05) is 12.1 Å². The van der Waals surface area contributed by atoms with Crippen LogP contribution in [-0.4, -0.2) is 76.2 Å². The van der Waals surface area contributed by atoms with Crippen molar-refractivity contribution in [2.24, 2.45) is 0 Å². The lowest BCUT2D eigenvalue weighted by molar-refractivity contribution is 0.0600. The Hall–Kier alpha value is -3.43. The molecule has 3 rings (SSSR count). The minimum Gasteiger partial charge on any atom is -0.465 e. The lowest BCUT2D eigenvalue weighted by atomic mass is 10.1. The van der Waals surface area contributed by atoms with Crippen LogP contribution in [0.4, 0.5) is 5.69 Å². The number of carbonyl (C=O) groups excluding carboxylic acids is 3. The number of ether oxygens (including phenoxy) is 2. The van der Waals surface area contributed by atoms with Crippen LogP contribution in [0.1, 0.15) is 63.2 Å². The molecule has 0 spiro atoms. The molecule has 1 fully saturated rings. The molecule has 0 unspecified atom stereocenters. The number of nitrogens with zero attached hydrogens (tertiary/aromatic N) is 2. The van der Waals surface area contributed by atoms with Gasteiger partial charge in [-0.1, -0.05) is 19.3 Å². The zero-order valence-electron chi connectivity index (χ0n) is 21.8. The summed E-state index contributed by atoms with van der Waals surface area (Å²) in [5.41, 5.74) is 7.02. The predicted molar refractivity (Wildman–Crippen MR) is 143 cm³/mol. The number of hydrazine groups is 1. The first-order chi connectivity index (χ1) is 18.0. The summed E-state index contributed by atoms with van der Waals surface area (Å²) in [5.74, 6) is -1.37. The molecule has 2 aromatic rings. The van der Waals surface area contributed by atoms with Crippen molar-refractivity contribution in [3.8, 4) is 0 Å². The number of piperazine rings is 1. The maximum absolute atomic E-state index is 12.5. The van der Waals surface area contributed by atoms with Crippen molar-refractivity contribution in [2.75, 3.05) is 58.5 Å². The highest BCUT2D eigenvalue weighted by atomic mass is 16.5. The average Bonchev–Trinajstić information content (AvgIpc) is 2.95. The Morgan fingerprint density at radius 2 is 1.22 bits per heavy atom. The number of unbranched alkanes of at least 4 members (excludes halogenated alkanes) is 4. The van der Waals surface area contributed by atoms with Crippen LogP contribution in [0.2, 0.25) is 0 Å². The van der Waals surface area contributed by atoms with E-state index in [2.05, 4.69) is 25.4 Å². The molecule has 200 valence electrons. The van der Waals surface area contributed by atoms with Gasteiger partial charge in [-0.3, -0.25) is 25.3 Å². The number of esters is 1. The molecule has 1 heterocycles. The van der Waals surface area contributed by atoms with E-state index >= 15 is 0 Å². The van der Waals surface area contributed by atoms with E-state index in [4.69, 9.17) is 4.74 Å². The molecular weight excluding hydrogens is 472 g/mol. The Morgan fingerprint density at radius 1 is 0.703 bits per heavy atom. The SMILES string of the molecule is COCCCCCCCN1CCN(c2ccc(C(=O)NNC(=O)c3ccc(C(=O)OC)cc3)cc2)CC1. The fourth-order valence-corrected chi connectivity index (χ4v) is 4.30. The van der Waals surface area contributed by atoms with Crippen LogP contribution in [0.25, 0.3) is 0 Å². The molecule has 0 saturated carbocycles. The Morgan fingerprint density at radius 3 is 1.78 bits per heavy atom. The molecule has 1 saturated heterocycles. The summed E-state index contributed by atoms with van der Waals surface area (Å²) >= 11 is 0. The summed E-state index contributed by atoms with van der Waals surface area (Å²) in [4.78, 5) is 41.1. The molecule has 0 atom stereocenters. The van der Waals surface area contributed by atoms with Crippen molar-refractivity contribution >= 4 is 23.5 Å². The molecule has 0 radical (unpaired) electrons. The minimum atomic E-state index is -0.481. The van der Waals surface area contributed by atoms with Crippen LogP contribution >= 0.6 is 0 Å². The van der Waals surface area contributed by atoms with E-state index < -0.39 is 17.8 Å². The second-order valence-corrected chi connectivity index (χ2v) is 9.11. The van der Waals surface area contributed by atoms with Gasteiger partial charge in [0.15, 0.2) is 0 Å². The Labute approximate surface area is 219 Å². The molecule has 9 heteroatoms. The fourth-order valence-electron chi connectivity index (χ4n) is 4.30. The quantitative estimate of drug-likeness (QED) is 0.257. The lowest BCUT2D eigenvalue weighted by Crippen LogP contribution is -2.46. The van der Waals surface area contributed by atoms with E-state index in [1.165, 1.54) is 57.1 Å². The zero-order valence-corrected chi connectivity index (χ0v) is 21.8. The van der Waals surface area contributed by atoms with Gasteiger partial charge in [-0.15, -0.1) is 0 Å². The fraction of sp³-hybridized carbons (Fsp3) is 0.464. The third kappa shape index (κ3) is 8.87. The van der Waals surface area contributed by atoms with Gasteiger partial charge in [-0.05, 0) is 67.9 Å². The van der Waals surface area contributed by atoms with Crippen LogP contribution in [-0.2, 0) is 9.47 Å². The molecule has 0 bridgehead atoms. The smallest absolute Gasteiger partial charge is 0.337 e.